The topological polar surface area (TPSA) is 136 Å². The predicted octanol–water partition coefficient (Wildman–Crippen LogP) is 1.96. The molecule has 1 amide bonds. The van der Waals surface area contributed by atoms with Crippen molar-refractivity contribution < 1.29 is 28.2 Å². The number of aliphatic carboxylic acids is 1. The van der Waals surface area contributed by atoms with Gasteiger partial charge in [0.2, 0.25) is 5.91 Å². The molecule has 1 atom stereocenters. The van der Waals surface area contributed by atoms with Gasteiger partial charge in [0.15, 0.2) is 0 Å². The van der Waals surface area contributed by atoms with Crippen molar-refractivity contribution in [2.75, 3.05) is 29.3 Å². The average Bonchev–Trinajstić information content (AvgIpc) is 2.72. The number of aryl methyl sites for hydroxylation is 1. The van der Waals surface area contributed by atoms with Crippen LogP contribution in [0.15, 0.2) is 53.4 Å². The number of carbonyl (C=O) groups is 2. The van der Waals surface area contributed by atoms with E-state index in [2.05, 4.69) is 10.6 Å². The van der Waals surface area contributed by atoms with Gasteiger partial charge in [-0.1, -0.05) is 17.7 Å². The monoisotopic (exact) mass is 463 g/mol. The number of anilines is 2. The number of sulfonamides is 1. The molecule has 0 aliphatic carbocycles. The number of hydrogen-bond donors (Lipinski definition) is 4. The molecule has 0 fully saturated rings. The fourth-order valence-electron chi connectivity index (χ4n) is 2.98. The van der Waals surface area contributed by atoms with Crippen LogP contribution in [0.4, 0.5) is 11.4 Å². The summed E-state index contributed by atoms with van der Waals surface area (Å²) in [5, 5.41) is 24.7. The third-order valence-corrected chi connectivity index (χ3v) is 6.39. The van der Waals surface area contributed by atoms with E-state index in [1.165, 1.54) is 19.1 Å². The van der Waals surface area contributed by atoms with Crippen molar-refractivity contribution in [1.29, 1.82) is 0 Å². The molecule has 0 aliphatic rings. The van der Waals surface area contributed by atoms with Crippen LogP contribution in [0.1, 0.15) is 25.3 Å². The number of carbonyl (C=O) groups excluding carboxylic acids is 1. The Hall–Kier alpha value is -2.95. The van der Waals surface area contributed by atoms with Crippen LogP contribution in [0.2, 0.25) is 0 Å². The molecule has 0 spiro atoms. The molecule has 174 valence electrons. The summed E-state index contributed by atoms with van der Waals surface area (Å²) in [6.07, 6.45) is -0.620. The SMILES string of the molecule is CC(=O)Nc1ccc(N(CC(O)CNCCCC(=O)O)S(=O)(=O)c2ccc(C)cc2)cc1. The van der Waals surface area contributed by atoms with Crippen molar-refractivity contribution in [2.24, 2.45) is 0 Å². The first kappa shape index (κ1) is 25.3. The Morgan fingerprint density at radius 2 is 1.69 bits per heavy atom. The first-order valence-electron chi connectivity index (χ1n) is 10.2. The Bertz CT molecular complexity index is 1010. The van der Waals surface area contributed by atoms with Crippen molar-refractivity contribution >= 4 is 33.3 Å². The minimum atomic E-state index is -3.97. The van der Waals surface area contributed by atoms with Crippen LogP contribution >= 0.6 is 0 Å². The van der Waals surface area contributed by atoms with Gasteiger partial charge in [-0.15, -0.1) is 0 Å². The average molecular weight is 464 g/mol. The molecule has 0 radical (unpaired) electrons. The molecule has 0 saturated heterocycles. The van der Waals surface area contributed by atoms with Crippen LogP contribution in [0.3, 0.4) is 0 Å². The lowest BCUT2D eigenvalue weighted by molar-refractivity contribution is -0.137. The number of nitrogens with zero attached hydrogens (tertiary/aromatic N) is 1. The fourth-order valence-corrected chi connectivity index (χ4v) is 4.49. The number of aliphatic hydroxyl groups excluding tert-OH is 1. The summed E-state index contributed by atoms with van der Waals surface area (Å²) in [6.45, 7) is 3.52. The van der Waals surface area contributed by atoms with Gasteiger partial charge < -0.3 is 20.8 Å². The van der Waals surface area contributed by atoms with E-state index in [1.807, 2.05) is 6.92 Å². The molecule has 0 heterocycles. The summed E-state index contributed by atoms with van der Waals surface area (Å²) in [5.74, 6) is -1.14. The molecule has 2 aromatic carbocycles. The summed E-state index contributed by atoms with van der Waals surface area (Å²) in [6, 6.07) is 12.7. The van der Waals surface area contributed by atoms with Gasteiger partial charge in [0.25, 0.3) is 10.0 Å². The van der Waals surface area contributed by atoms with Crippen molar-refractivity contribution in [3.05, 3.63) is 54.1 Å². The number of nitrogens with one attached hydrogen (secondary N) is 2. The van der Waals surface area contributed by atoms with Crippen molar-refractivity contribution in [3.8, 4) is 0 Å². The lowest BCUT2D eigenvalue weighted by Crippen LogP contribution is -2.41. The Labute approximate surface area is 188 Å². The highest BCUT2D eigenvalue weighted by molar-refractivity contribution is 7.92. The molecule has 0 bridgehead atoms. The predicted molar refractivity (Wildman–Crippen MR) is 122 cm³/mol. The molecular formula is C22H29N3O6S. The molecule has 32 heavy (non-hydrogen) atoms. The minimum Gasteiger partial charge on any atom is -0.481 e. The van der Waals surface area contributed by atoms with Crippen molar-refractivity contribution in [2.45, 2.75) is 37.7 Å². The zero-order valence-electron chi connectivity index (χ0n) is 18.1. The molecule has 0 aliphatic heterocycles. The van der Waals surface area contributed by atoms with Crippen molar-refractivity contribution in [3.63, 3.8) is 0 Å². The maximum Gasteiger partial charge on any atom is 0.303 e. The van der Waals surface area contributed by atoms with Crippen LogP contribution < -0.4 is 14.9 Å². The van der Waals surface area contributed by atoms with E-state index in [0.29, 0.717) is 24.3 Å². The Balaban J connectivity index is 2.21. The van der Waals surface area contributed by atoms with Crippen LogP contribution in [-0.2, 0) is 19.6 Å². The van der Waals surface area contributed by atoms with E-state index < -0.39 is 22.1 Å². The third kappa shape index (κ3) is 7.63. The number of carboxylic acids is 1. The number of aliphatic hydroxyl groups is 1. The van der Waals surface area contributed by atoms with Crippen LogP contribution in [-0.4, -0.2) is 56.2 Å². The second-order valence-corrected chi connectivity index (χ2v) is 9.29. The number of benzene rings is 2. The van der Waals surface area contributed by atoms with Gasteiger partial charge in [0.1, 0.15) is 0 Å². The third-order valence-electron chi connectivity index (χ3n) is 4.59. The van der Waals surface area contributed by atoms with Crippen LogP contribution in [0, 0.1) is 6.92 Å². The van der Waals surface area contributed by atoms with E-state index >= 15 is 0 Å². The highest BCUT2D eigenvalue weighted by Gasteiger charge is 2.27. The summed E-state index contributed by atoms with van der Waals surface area (Å²) in [7, 11) is -3.97. The largest absolute Gasteiger partial charge is 0.481 e. The maximum atomic E-state index is 13.4. The molecule has 2 aromatic rings. The van der Waals surface area contributed by atoms with E-state index in [4.69, 9.17) is 5.11 Å². The van der Waals surface area contributed by atoms with Gasteiger partial charge in [-0.05, 0) is 56.3 Å². The number of amides is 1. The van der Waals surface area contributed by atoms with E-state index in [1.54, 1.807) is 36.4 Å². The molecule has 10 heteroatoms. The zero-order valence-corrected chi connectivity index (χ0v) is 18.9. The highest BCUT2D eigenvalue weighted by atomic mass is 32.2. The minimum absolute atomic E-state index is 0.0116. The van der Waals surface area contributed by atoms with Crippen molar-refractivity contribution in [1.82, 2.24) is 5.32 Å². The first-order chi connectivity index (χ1) is 15.1. The Morgan fingerprint density at radius 1 is 1.06 bits per heavy atom. The Kier molecular flexibility index (Phi) is 9.18. The number of rotatable bonds is 12. The van der Waals surface area contributed by atoms with Crippen LogP contribution in [0.5, 0.6) is 0 Å². The maximum absolute atomic E-state index is 13.4. The van der Waals surface area contributed by atoms with Crippen LogP contribution in [0.25, 0.3) is 0 Å². The summed E-state index contributed by atoms with van der Waals surface area (Å²) in [4.78, 5) is 21.9. The standard InChI is InChI=1S/C22H29N3O6S/c1-16-5-11-21(12-6-16)32(30,31)25(15-20(27)14-23-13-3-4-22(28)29)19-9-7-18(8-10-19)24-17(2)26/h5-12,20,23,27H,3-4,13-15H2,1-2H3,(H,24,26)(H,28,29). The second kappa shape index (κ2) is 11.6. The van der Waals surface area contributed by atoms with E-state index in [0.717, 1.165) is 9.87 Å². The molecule has 0 saturated carbocycles. The van der Waals surface area contributed by atoms with Gasteiger partial charge in [0.05, 0.1) is 23.2 Å². The van der Waals surface area contributed by atoms with Gasteiger partial charge in [-0.2, -0.15) is 0 Å². The Morgan fingerprint density at radius 3 is 2.25 bits per heavy atom. The summed E-state index contributed by atoms with van der Waals surface area (Å²) in [5.41, 5.74) is 1.78. The van der Waals surface area contributed by atoms with E-state index in [9.17, 15) is 23.1 Å². The van der Waals surface area contributed by atoms with Gasteiger partial charge in [-0.25, -0.2) is 8.42 Å². The fraction of sp³-hybridized carbons (Fsp3) is 0.364. The lowest BCUT2D eigenvalue weighted by Gasteiger charge is -2.27. The quantitative estimate of drug-likeness (QED) is 0.353. The normalized spacial score (nSPS) is 12.2. The van der Waals surface area contributed by atoms with E-state index in [-0.39, 0.29) is 30.3 Å². The summed E-state index contributed by atoms with van der Waals surface area (Å²) >= 11 is 0. The van der Waals surface area contributed by atoms with Gasteiger partial charge in [-0.3, -0.25) is 13.9 Å². The molecule has 2 rings (SSSR count). The van der Waals surface area contributed by atoms with Gasteiger partial charge in [0, 0.05) is 25.6 Å². The number of hydrogen-bond acceptors (Lipinski definition) is 6. The number of carboxylic acid groups (broad SMARTS) is 1. The summed E-state index contributed by atoms with van der Waals surface area (Å²) < 4.78 is 27.8. The molecular weight excluding hydrogens is 434 g/mol. The lowest BCUT2D eigenvalue weighted by atomic mass is 10.2. The van der Waals surface area contributed by atoms with Gasteiger partial charge >= 0.3 is 5.97 Å². The zero-order chi connectivity index (χ0) is 23.7. The highest BCUT2D eigenvalue weighted by Crippen LogP contribution is 2.26. The molecule has 1 unspecified atom stereocenters. The molecule has 4 N–H and O–H groups in total. The first-order valence-corrected chi connectivity index (χ1v) is 11.6. The molecule has 9 nitrogen and oxygen atoms in total. The smallest absolute Gasteiger partial charge is 0.303 e. The molecule has 0 aromatic heterocycles. The second-order valence-electron chi connectivity index (χ2n) is 7.43.